The molecule has 1 unspecified atom stereocenters. The van der Waals surface area contributed by atoms with Crippen molar-refractivity contribution in [2.45, 2.75) is 12.3 Å². The van der Waals surface area contributed by atoms with E-state index in [-0.39, 0.29) is 5.92 Å². The summed E-state index contributed by atoms with van der Waals surface area (Å²) in [7, 11) is 1.86. The SMILES string of the molecule is CNc1nc(-c2cccnc2)nc2c1=CC(c1cc(Cl)ccc1Cl)CC=2. The number of nitrogens with zero attached hydrogens (tertiary/aromatic N) is 3. The van der Waals surface area contributed by atoms with Crippen molar-refractivity contribution in [2.75, 3.05) is 12.4 Å². The van der Waals surface area contributed by atoms with Crippen molar-refractivity contribution in [1.29, 1.82) is 0 Å². The number of halogens is 2. The third kappa shape index (κ3) is 3.18. The standard InChI is InChI=1S/C20H16Cl2N4/c1-23-20-16-9-12(15-10-14(21)5-6-17(15)22)4-7-18(16)25-19(26-20)13-3-2-8-24-11-13/h2-3,5-12H,4H2,1H3,(H,23,25,26). The van der Waals surface area contributed by atoms with Gasteiger partial charge in [0.2, 0.25) is 0 Å². The van der Waals surface area contributed by atoms with Crippen molar-refractivity contribution in [2.24, 2.45) is 0 Å². The van der Waals surface area contributed by atoms with Gasteiger partial charge >= 0.3 is 0 Å². The predicted octanol–water partition coefficient (Wildman–Crippen LogP) is 3.64. The van der Waals surface area contributed by atoms with E-state index in [1.54, 1.807) is 18.5 Å². The van der Waals surface area contributed by atoms with Crippen LogP contribution in [0.25, 0.3) is 23.5 Å². The monoisotopic (exact) mass is 382 g/mol. The Morgan fingerprint density at radius 3 is 2.81 bits per heavy atom. The number of nitrogens with one attached hydrogen (secondary N) is 1. The molecule has 2 aromatic heterocycles. The van der Waals surface area contributed by atoms with E-state index in [2.05, 4.69) is 27.4 Å². The minimum Gasteiger partial charge on any atom is -0.373 e. The van der Waals surface area contributed by atoms with E-state index in [0.717, 1.165) is 33.9 Å². The molecule has 1 atom stereocenters. The van der Waals surface area contributed by atoms with E-state index in [1.807, 2.05) is 31.3 Å². The highest BCUT2D eigenvalue weighted by Crippen LogP contribution is 2.32. The number of hydrogen-bond donors (Lipinski definition) is 1. The molecule has 4 rings (SSSR count). The second kappa shape index (κ2) is 7.06. The summed E-state index contributed by atoms with van der Waals surface area (Å²) >= 11 is 12.5. The average molecular weight is 383 g/mol. The van der Waals surface area contributed by atoms with Crippen LogP contribution < -0.4 is 15.9 Å². The molecule has 1 aliphatic carbocycles. The maximum atomic E-state index is 6.39. The van der Waals surface area contributed by atoms with Crippen molar-refractivity contribution in [3.63, 3.8) is 0 Å². The zero-order valence-electron chi connectivity index (χ0n) is 14.1. The van der Waals surface area contributed by atoms with Gasteiger partial charge in [-0.05, 0) is 42.3 Å². The molecule has 130 valence electrons. The van der Waals surface area contributed by atoms with Gasteiger partial charge in [0.05, 0.1) is 5.35 Å². The number of rotatable bonds is 3. The number of hydrogen-bond acceptors (Lipinski definition) is 4. The van der Waals surface area contributed by atoms with Gasteiger partial charge in [0.1, 0.15) is 5.82 Å². The van der Waals surface area contributed by atoms with Crippen LogP contribution in [0.1, 0.15) is 17.9 Å². The molecule has 0 spiro atoms. The average Bonchev–Trinajstić information content (AvgIpc) is 2.69. The van der Waals surface area contributed by atoms with Crippen LogP contribution in [-0.4, -0.2) is 22.0 Å². The second-order valence-corrected chi connectivity index (χ2v) is 6.91. The van der Waals surface area contributed by atoms with E-state index in [9.17, 15) is 0 Å². The maximum Gasteiger partial charge on any atom is 0.163 e. The molecule has 1 aliphatic rings. The number of fused-ring (bicyclic) bond motifs is 1. The molecular formula is C20H16Cl2N4. The number of pyridine rings is 1. The fraction of sp³-hybridized carbons (Fsp3) is 0.150. The van der Waals surface area contributed by atoms with Gasteiger partial charge in [0, 0.05) is 46.2 Å². The Balaban J connectivity index is 1.85. The van der Waals surface area contributed by atoms with Gasteiger partial charge in [0.25, 0.3) is 0 Å². The molecule has 3 aromatic rings. The molecule has 2 heterocycles. The third-order valence-corrected chi connectivity index (χ3v) is 5.00. The molecule has 0 aliphatic heterocycles. The first-order valence-corrected chi connectivity index (χ1v) is 9.04. The molecule has 0 radical (unpaired) electrons. The Morgan fingerprint density at radius 2 is 2.04 bits per heavy atom. The molecule has 1 N–H and O–H groups in total. The zero-order chi connectivity index (χ0) is 18.1. The fourth-order valence-corrected chi connectivity index (χ4v) is 3.58. The molecular weight excluding hydrogens is 367 g/mol. The molecule has 0 saturated carbocycles. The summed E-state index contributed by atoms with van der Waals surface area (Å²) in [6.45, 7) is 0. The summed E-state index contributed by atoms with van der Waals surface area (Å²) in [5.74, 6) is 1.58. The number of benzene rings is 1. The van der Waals surface area contributed by atoms with Crippen LogP contribution in [0.3, 0.4) is 0 Å². The van der Waals surface area contributed by atoms with Crippen molar-refractivity contribution in [1.82, 2.24) is 15.0 Å². The van der Waals surface area contributed by atoms with Crippen LogP contribution in [0.5, 0.6) is 0 Å². The van der Waals surface area contributed by atoms with Crippen LogP contribution in [0.15, 0.2) is 42.7 Å². The second-order valence-electron chi connectivity index (χ2n) is 6.07. The summed E-state index contributed by atoms with van der Waals surface area (Å²) in [6, 6.07) is 9.40. The first-order valence-electron chi connectivity index (χ1n) is 8.29. The van der Waals surface area contributed by atoms with Gasteiger partial charge in [-0.3, -0.25) is 4.98 Å². The molecule has 1 aromatic carbocycles. The van der Waals surface area contributed by atoms with Crippen molar-refractivity contribution in [3.8, 4) is 11.4 Å². The Hall–Kier alpha value is -2.43. The Labute approximate surface area is 161 Å². The molecule has 6 heteroatoms. The lowest BCUT2D eigenvalue weighted by molar-refractivity contribution is 0.907. The van der Waals surface area contributed by atoms with Gasteiger partial charge in [-0.1, -0.05) is 35.4 Å². The minimum absolute atomic E-state index is 0.133. The van der Waals surface area contributed by atoms with Crippen molar-refractivity contribution < 1.29 is 0 Å². The topological polar surface area (TPSA) is 50.7 Å². The van der Waals surface area contributed by atoms with Gasteiger partial charge in [-0.15, -0.1) is 0 Å². The highest BCUT2D eigenvalue weighted by Gasteiger charge is 2.17. The van der Waals surface area contributed by atoms with E-state index >= 15 is 0 Å². The highest BCUT2D eigenvalue weighted by molar-refractivity contribution is 6.33. The summed E-state index contributed by atoms with van der Waals surface area (Å²) in [6.07, 6.45) is 8.59. The Bertz CT molecular complexity index is 1080. The Morgan fingerprint density at radius 1 is 1.15 bits per heavy atom. The molecule has 4 nitrogen and oxygen atoms in total. The van der Waals surface area contributed by atoms with Gasteiger partial charge in [-0.25, -0.2) is 9.97 Å². The fourth-order valence-electron chi connectivity index (χ4n) is 3.14. The van der Waals surface area contributed by atoms with Gasteiger partial charge in [0.15, 0.2) is 5.82 Å². The first kappa shape index (κ1) is 17.0. The highest BCUT2D eigenvalue weighted by atomic mass is 35.5. The van der Waals surface area contributed by atoms with Crippen molar-refractivity contribution in [3.05, 3.63) is 68.9 Å². The molecule has 26 heavy (non-hydrogen) atoms. The van der Waals surface area contributed by atoms with Crippen molar-refractivity contribution >= 4 is 41.2 Å². The molecule has 0 fully saturated rings. The van der Waals surface area contributed by atoms with Crippen LogP contribution in [0.2, 0.25) is 10.0 Å². The largest absolute Gasteiger partial charge is 0.373 e. The maximum absolute atomic E-state index is 6.39. The van der Waals surface area contributed by atoms with Gasteiger partial charge in [-0.2, -0.15) is 0 Å². The van der Waals surface area contributed by atoms with Crippen LogP contribution >= 0.6 is 23.2 Å². The minimum atomic E-state index is 0.133. The smallest absolute Gasteiger partial charge is 0.163 e. The molecule has 0 bridgehead atoms. The summed E-state index contributed by atoms with van der Waals surface area (Å²) in [5.41, 5.74) is 1.90. The van der Waals surface area contributed by atoms with E-state index in [0.29, 0.717) is 15.9 Å². The predicted molar refractivity (Wildman–Crippen MR) is 107 cm³/mol. The summed E-state index contributed by atoms with van der Waals surface area (Å²) in [5, 5.41) is 6.47. The summed E-state index contributed by atoms with van der Waals surface area (Å²) in [4.78, 5) is 13.5. The van der Waals surface area contributed by atoms with Crippen LogP contribution in [0.4, 0.5) is 5.82 Å². The summed E-state index contributed by atoms with van der Waals surface area (Å²) < 4.78 is 0. The van der Waals surface area contributed by atoms with Crippen LogP contribution in [0, 0.1) is 0 Å². The molecule has 0 amide bonds. The molecule has 0 saturated heterocycles. The number of anilines is 1. The third-order valence-electron chi connectivity index (χ3n) is 4.42. The Kier molecular flexibility index (Phi) is 4.62. The lowest BCUT2D eigenvalue weighted by atomic mass is 9.91. The first-order chi connectivity index (χ1) is 12.7. The lowest BCUT2D eigenvalue weighted by Gasteiger charge is -2.17. The zero-order valence-corrected chi connectivity index (χ0v) is 15.6. The quantitative estimate of drug-likeness (QED) is 0.751. The van der Waals surface area contributed by atoms with E-state index in [1.165, 1.54) is 0 Å². The van der Waals surface area contributed by atoms with Crippen LogP contribution in [-0.2, 0) is 0 Å². The normalized spacial score (nSPS) is 15.6. The van der Waals surface area contributed by atoms with E-state index in [4.69, 9.17) is 28.2 Å². The van der Waals surface area contributed by atoms with E-state index < -0.39 is 0 Å². The van der Waals surface area contributed by atoms with Gasteiger partial charge < -0.3 is 5.32 Å². The lowest BCUT2D eigenvalue weighted by Crippen LogP contribution is -2.35. The number of aromatic nitrogens is 3.